The first-order valence-corrected chi connectivity index (χ1v) is 7.06. The van der Waals surface area contributed by atoms with E-state index >= 15 is 0 Å². The molecule has 0 aliphatic carbocycles. The van der Waals surface area contributed by atoms with E-state index in [0.29, 0.717) is 10.7 Å². The summed E-state index contributed by atoms with van der Waals surface area (Å²) in [5.74, 6) is 0. The van der Waals surface area contributed by atoms with Crippen LogP contribution in [0.2, 0.25) is 5.02 Å². The van der Waals surface area contributed by atoms with Crippen LogP contribution in [0, 0.1) is 6.92 Å². The van der Waals surface area contributed by atoms with Crippen molar-refractivity contribution in [3.05, 3.63) is 58.6 Å². The molecule has 0 saturated carbocycles. The fourth-order valence-electron chi connectivity index (χ4n) is 1.77. The Morgan fingerprint density at radius 2 is 1.68 bits per heavy atom. The topological polar surface area (TPSA) is 24.1 Å². The maximum atomic E-state index is 12.5. The van der Waals surface area contributed by atoms with Crippen molar-refractivity contribution < 1.29 is 13.2 Å². The first kappa shape index (κ1) is 16.6. The number of thiocarbonyl (C=S) groups is 1. The SMILES string of the molecule is Cc1c(Cl)cccc1NC(=S)Nc1ccc(C(F)(F)F)cc1. The molecule has 0 aromatic heterocycles. The van der Waals surface area contributed by atoms with Gasteiger partial charge in [0.05, 0.1) is 5.56 Å². The van der Waals surface area contributed by atoms with Gasteiger partial charge in [0.25, 0.3) is 0 Å². The Bertz CT molecular complexity index is 684. The van der Waals surface area contributed by atoms with E-state index in [2.05, 4.69) is 10.6 Å². The summed E-state index contributed by atoms with van der Waals surface area (Å²) >= 11 is 11.1. The van der Waals surface area contributed by atoms with Gasteiger partial charge in [-0.1, -0.05) is 17.7 Å². The van der Waals surface area contributed by atoms with Gasteiger partial charge in [-0.15, -0.1) is 0 Å². The molecule has 0 radical (unpaired) electrons. The molecule has 0 aliphatic heterocycles. The van der Waals surface area contributed by atoms with Gasteiger partial charge in [0.15, 0.2) is 5.11 Å². The lowest BCUT2D eigenvalue weighted by atomic mass is 10.2. The molecule has 2 aromatic carbocycles. The number of anilines is 2. The van der Waals surface area contributed by atoms with Crippen LogP contribution in [0.1, 0.15) is 11.1 Å². The van der Waals surface area contributed by atoms with Crippen molar-refractivity contribution in [2.24, 2.45) is 0 Å². The first-order chi connectivity index (χ1) is 10.3. The number of hydrogen-bond acceptors (Lipinski definition) is 1. The van der Waals surface area contributed by atoms with Gasteiger partial charge in [-0.3, -0.25) is 0 Å². The van der Waals surface area contributed by atoms with Crippen molar-refractivity contribution in [1.82, 2.24) is 0 Å². The Balaban J connectivity index is 2.05. The van der Waals surface area contributed by atoms with Gasteiger partial charge in [0.2, 0.25) is 0 Å². The van der Waals surface area contributed by atoms with Gasteiger partial charge in [-0.25, -0.2) is 0 Å². The van der Waals surface area contributed by atoms with Crippen LogP contribution < -0.4 is 10.6 Å². The van der Waals surface area contributed by atoms with E-state index in [4.69, 9.17) is 23.8 Å². The molecule has 2 N–H and O–H groups in total. The fraction of sp³-hybridized carbons (Fsp3) is 0.133. The van der Waals surface area contributed by atoms with Crippen LogP contribution in [0.25, 0.3) is 0 Å². The molecule has 2 aromatic rings. The lowest BCUT2D eigenvalue weighted by Gasteiger charge is -2.14. The molecule has 0 aliphatic rings. The van der Waals surface area contributed by atoms with Crippen LogP contribution in [0.5, 0.6) is 0 Å². The monoisotopic (exact) mass is 344 g/mol. The van der Waals surface area contributed by atoms with Gasteiger partial charge in [0, 0.05) is 16.4 Å². The molecule has 0 bridgehead atoms. The Morgan fingerprint density at radius 1 is 1.05 bits per heavy atom. The third-order valence-corrected chi connectivity index (χ3v) is 3.60. The molecule has 0 heterocycles. The molecule has 2 rings (SSSR count). The summed E-state index contributed by atoms with van der Waals surface area (Å²) in [5.41, 5.74) is 1.32. The van der Waals surface area contributed by atoms with Gasteiger partial charge in [-0.05, 0) is 61.1 Å². The number of halogens is 4. The fourth-order valence-corrected chi connectivity index (χ4v) is 2.17. The standard InChI is InChI=1S/C15H12ClF3N2S/c1-9-12(16)3-2-4-13(9)21-14(22)20-11-7-5-10(6-8-11)15(17,18)19/h2-8H,1H3,(H2,20,21,22). The summed E-state index contributed by atoms with van der Waals surface area (Å²) in [4.78, 5) is 0. The molecule has 7 heteroatoms. The van der Waals surface area contributed by atoms with Gasteiger partial charge in [0.1, 0.15) is 0 Å². The zero-order chi connectivity index (χ0) is 16.3. The number of benzene rings is 2. The largest absolute Gasteiger partial charge is 0.416 e. The van der Waals surface area contributed by atoms with Crippen molar-refractivity contribution in [1.29, 1.82) is 0 Å². The summed E-state index contributed by atoms with van der Waals surface area (Å²) < 4.78 is 37.4. The molecule has 0 spiro atoms. The maximum Gasteiger partial charge on any atom is 0.416 e. The Kier molecular flexibility index (Phi) is 4.93. The average molecular weight is 345 g/mol. The Labute approximate surface area is 136 Å². The normalized spacial score (nSPS) is 11.1. The molecule has 2 nitrogen and oxygen atoms in total. The Hall–Kier alpha value is -1.79. The summed E-state index contributed by atoms with van der Waals surface area (Å²) in [7, 11) is 0. The van der Waals surface area contributed by atoms with Crippen molar-refractivity contribution in [3.63, 3.8) is 0 Å². The van der Waals surface area contributed by atoms with Crippen molar-refractivity contribution in [3.8, 4) is 0 Å². The van der Waals surface area contributed by atoms with E-state index in [1.807, 2.05) is 13.0 Å². The minimum absolute atomic E-state index is 0.269. The predicted molar refractivity (Wildman–Crippen MR) is 87.5 cm³/mol. The molecule has 0 amide bonds. The van der Waals surface area contributed by atoms with E-state index < -0.39 is 11.7 Å². The highest BCUT2D eigenvalue weighted by molar-refractivity contribution is 7.80. The second kappa shape index (κ2) is 6.54. The van der Waals surface area contributed by atoms with E-state index in [1.54, 1.807) is 12.1 Å². The highest BCUT2D eigenvalue weighted by atomic mass is 35.5. The van der Waals surface area contributed by atoms with Crippen molar-refractivity contribution in [2.75, 3.05) is 10.6 Å². The van der Waals surface area contributed by atoms with E-state index in [9.17, 15) is 13.2 Å². The molecule has 0 atom stereocenters. The first-order valence-electron chi connectivity index (χ1n) is 6.28. The molecule has 22 heavy (non-hydrogen) atoms. The van der Waals surface area contributed by atoms with E-state index in [-0.39, 0.29) is 5.11 Å². The minimum atomic E-state index is -4.35. The summed E-state index contributed by atoms with van der Waals surface area (Å²) in [6.07, 6.45) is -4.35. The molecule has 0 fully saturated rings. The van der Waals surface area contributed by atoms with Crippen LogP contribution in [-0.4, -0.2) is 5.11 Å². The van der Waals surface area contributed by atoms with E-state index in [1.165, 1.54) is 12.1 Å². The number of hydrogen-bond donors (Lipinski definition) is 2. The molecule has 0 saturated heterocycles. The third-order valence-electron chi connectivity index (χ3n) is 2.99. The predicted octanol–water partition coefficient (Wildman–Crippen LogP) is 5.48. The van der Waals surface area contributed by atoms with Crippen LogP contribution in [-0.2, 0) is 6.18 Å². The summed E-state index contributed by atoms with van der Waals surface area (Å²) in [6, 6.07) is 9.98. The van der Waals surface area contributed by atoms with Crippen LogP contribution in [0.3, 0.4) is 0 Å². The quantitative estimate of drug-likeness (QED) is 0.706. The minimum Gasteiger partial charge on any atom is -0.332 e. The van der Waals surface area contributed by atoms with Crippen molar-refractivity contribution >= 4 is 40.3 Å². The van der Waals surface area contributed by atoms with Gasteiger partial charge in [-0.2, -0.15) is 13.2 Å². The maximum absolute atomic E-state index is 12.5. The van der Waals surface area contributed by atoms with Crippen LogP contribution in [0.15, 0.2) is 42.5 Å². The molecule has 116 valence electrons. The lowest BCUT2D eigenvalue weighted by Crippen LogP contribution is -2.19. The summed E-state index contributed by atoms with van der Waals surface area (Å²) in [6.45, 7) is 1.84. The number of nitrogens with one attached hydrogen (secondary N) is 2. The van der Waals surface area contributed by atoms with Gasteiger partial charge < -0.3 is 10.6 Å². The Morgan fingerprint density at radius 3 is 2.27 bits per heavy atom. The molecule has 0 unspecified atom stereocenters. The van der Waals surface area contributed by atoms with E-state index in [0.717, 1.165) is 23.4 Å². The van der Waals surface area contributed by atoms with Crippen LogP contribution in [0.4, 0.5) is 24.5 Å². The van der Waals surface area contributed by atoms with Crippen LogP contribution >= 0.6 is 23.8 Å². The summed E-state index contributed by atoms with van der Waals surface area (Å²) in [5, 5.41) is 6.65. The number of alkyl halides is 3. The zero-order valence-electron chi connectivity index (χ0n) is 11.5. The lowest BCUT2D eigenvalue weighted by molar-refractivity contribution is -0.137. The molecular formula is C15H12ClF3N2S. The smallest absolute Gasteiger partial charge is 0.332 e. The third kappa shape index (κ3) is 4.11. The second-order valence-corrected chi connectivity index (χ2v) is 5.38. The highest BCUT2D eigenvalue weighted by Crippen LogP contribution is 2.30. The average Bonchev–Trinajstić information content (AvgIpc) is 2.43. The molecular weight excluding hydrogens is 333 g/mol. The number of rotatable bonds is 2. The highest BCUT2D eigenvalue weighted by Gasteiger charge is 2.29. The van der Waals surface area contributed by atoms with Crippen molar-refractivity contribution in [2.45, 2.75) is 13.1 Å². The van der Waals surface area contributed by atoms with Gasteiger partial charge >= 0.3 is 6.18 Å². The second-order valence-electron chi connectivity index (χ2n) is 4.57. The zero-order valence-corrected chi connectivity index (χ0v) is 13.0.